The molecule has 1 rings (SSSR count). The molecule has 4 nitrogen and oxygen atoms in total. The molecule has 0 aliphatic carbocycles. The van der Waals surface area contributed by atoms with Gasteiger partial charge in [0.1, 0.15) is 0 Å². The van der Waals surface area contributed by atoms with Crippen molar-refractivity contribution >= 4 is 5.91 Å². The molecule has 1 heterocycles. The van der Waals surface area contributed by atoms with E-state index in [-0.39, 0.29) is 5.91 Å². The summed E-state index contributed by atoms with van der Waals surface area (Å²) in [6.07, 6.45) is 6.08. The third-order valence-corrected chi connectivity index (χ3v) is 4.13. The minimum atomic E-state index is 0.265. The van der Waals surface area contributed by atoms with Crippen molar-refractivity contribution in [3.05, 3.63) is 0 Å². The quantitative estimate of drug-likeness (QED) is 0.734. The van der Waals surface area contributed by atoms with E-state index in [0.29, 0.717) is 18.3 Å². The summed E-state index contributed by atoms with van der Waals surface area (Å²) in [5.41, 5.74) is 5.59. The van der Waals surface area contributed by atoms with Gasteiger partial charge in [-0.3, -0.25) is 4.79 Å². The van der Waals surface area contributed by atoms with Crippen LogP contribution >= 0.6 is 0 Å². The third kappa shape index (κ3) is 6.39. The largest absolute Gasteiger partial charge is 0.381 e. The Hall–Kier alpha value is -0.610. The summed E-state index contributed by atoms with van der Waals surface area (Å²) in [5.74, 6) is 1.38. The molecule has 1 fully saturated rings. The fourth-order valence-corrected chi connectivity index (χ4v) is 2.75. The van der Waals surface area contributed by atoms with E-state index in [0.717, 1.165) is 52.0 Å². The Morgan fingerprint density at radius 2 is 2.26 bits per heavy atom. The summed E-state index contributed by atoms with van der Waals surface area (Å²) >= 11 is 0. The lowest BCUT2D eigenvalue weighted by Crippen LogP contribution is -2.35. The second kappa shape index (κ2) is 9.32. The second-order valence-electron chi connectivity index (χ2n) is 5.75. The molecular formula is C15H30N2O2. The molecular weight excluding hydrogens is 240 g/mol. The molecule has 4 heteroatoms. The Balaban J connectivity index is 2.23. The average Bonchev–Trinajstić information content (AvgIpc) is 2.44. The van der Waals surface area contributed by atoms with Crippen molar-refractivity contribution < 1.29 is 9.53 Å². The number of carbonyl (C=O) groups excluding carboxylic acids is 1. The Morgan fingerprint density at radius 1 is 1.47 bits per heavy atom. The van der Waals surface area contributed by atoms with Crippen molar-refractivity contribution in [1.29, 1.82) is 0 Å². The van der Waals surface area contributed by atoms with Gasteiger partial charge < -0.3 is 15.4 Å². The van der Waals surface area contributed by atoms with E-state index in [9.17, 15) is 4.79 Å². The number of amides is 1. The number of nitrogens with two attached hydrogens (primary N) is 1. The van der Waals surface area contributed by atoms with E-state index in [1.165, 1.54) is 6.42 Å². The van der Waals surface area contributed by atoms with E-state index < -0.39 is 0 Å². The van der Waals surface area contributed by atoms with Crippen molar-refractivity contribution in [1.82, 2.24) is 4.90 Å². The highest BCUT2D eigenvalue weighted by Crippen LogP contribution is 2.17. The first-order chi connectivity index (χ1) is 9.17. The van der Waals surface area contributed by atoms with Gasteiger partial charge in [-0.15, -0.1) is 0 Å². The van der Waals surface area contributed by atoms with E-state index in [1.807, 2.05) is 11.9 Å². The minimum absolute atomic E-state index is 0.265. The van der Waals surface area contributed by atoms with Crippen LogP contribution in [0.15, 0.2) is 0 Å². The molecule has 0 saturated carbocycles. The predicted molar refractivity (Wildman–Crippen MR) is 77.9 cm³/mol. The highest BCUT2D eigenvalue weighted by atomic mass is 16.5. The molecule has 0 aromatic heterocycles. The number of hydrogen-bond donors (Lipinski definition) is 1. The molecule has 2 N–H and O–H groups in total. The van der Waals surface area contributed by atoms with Gasteiger partial charge in [-0.2, -0.15) is 0 Å². The lowest BCUT2D eigenvalue weighted by molar-refractivity contribution is -0.131. The summed E-state index contributed by atoms with van der Waals surface area (Å²) in [4.78, 5) is 14.0. The maximum absolute atomic E-state index is 12.1. The number of ether oxygens (including phenoxy) is 1. The first-order valence-corrected chi connectivity index (χ1v) is 7.69. The fraction of sp³-hybridized carbons (Fsp3) is 0.933. The molecule has 0 spiro atoms. The number of nitrogens with zero attached hydrogens (tertiary/aromatic N) is 1. The van der Waals surface area contributed by atoms with Crippen molar-refractivity contribution in [3.8, 4) is 0 Å². The average molecular weight is 270 g/mol. The zero-order chi connectivity index (χ0) is 14.1. The summed E-state index contributed by atoms with van der Waals surface area (Å²) in [6.45, 7) is 5.43. The van der Waals surface area contributed by atoms with Gasteiger partial charge in [-0.25, -0.2) is 0 Å². The minimum Gasteiger partial charge on any atom is -0.381 e. The molecule has 2 atom stereocenters. The zero-order valence-corrected chi connectivity index (χ0v) is 12.6. The van der Waals surface area contributed by atoms with E-state index in [2.05, 4.69) is 6.92 Å². The van der Waals surface area contributed by atoms with Crippen LogP contribution in [0.5, 0.6) is 0 Å². The van der Waals surface area contributed by atoms with Gasteiger partial charge in [0.25, 0.3) is 0 Å². The smallest absolute Gasteiger partial charge is 0.222 e. The predicted octanol–water partition coefficient (Wildman–Crippen LogP) is 2.03. The number of carbonyl (C=O) groups is 1. The van der Waals surface area contributed by atoms with Crippen LogP contribution in [0.3, 0.4) is 0 Å². The molecule has 0 aromatic carbocycles. The zero-order valence-electron chi connectivity index (χ0n) is 12.6. The van der Waals surface area contributed by atoms with Crippen molar-refractivity contribution in [2.24, 2.45) is 17.6 Å². The second-order valence-corrected chi connectivity index (χ2v) is 5.75. The summed E-state index contributed by atoms with van der Waals surface area (Å²) in [5, 5.41) is 0. The Kier molecular flexibility index (Phi) is 8.07. The highest BCUT2D eigenvalue weighted by molar-refractivity contribution is 5.75. The third-order valence-electron chi connectivity index (χ3n) is 4.13. The van der Waals surface area contributed by atoms with Crippen LogP contribution in [0.4, 0.5) is 0 Å². The van der Waals surface area contributed by atoms with Gasteiger partial charge in [0, 0.05) is 26.6 Å². The van der Waals surface area contributed by atoms with Crippen molar-refractivity contribution in [3.63, 3.8) is 0 Å². The lowest BCUT2D eigenvalue weighted by atomic mass is 9.96. The molecule has 19 heavy (non-hydrogen) atoms. The molecule has 0 radical (unpaired) electrons. The Morgan fingerprint density at radius 3 is 2.84 bits per heavy atom. The summed E-state index contributed by atoms with van der Waals surface area (Å²) < 4.78 is 5.46. The molecule has 112 valence electrons. The van der Waals surface area contributed by atoms with E-state index >= 15 is 0 Å². The van der Waals surface area contributed by atoms with Crippen molar-refractivity contribution in [2.45, 2.75) is 45.4 Å². The summed E-state index contributed by atoms with van der Waals surface area (Å²) in [7, 11) is 1.92. The molecule has 1 saturated heterocycles. The number of hydrogen-bond acceptors (Lipinski definition) is 3. The molecule has 1 aliphatic heterocycles. The van der Waals surface area contributed by atoms with Gasteiger partial charge in [-0.05, 0) is 44.1 Å². The first-order valence-electron chi connectivity index (χ1n) is 7.69. The van der Waals surface area contributed by atoms with Crippen LogP contribution in [0.2, 0.25) is 0 Å². The molecule has 0 bridgehead atoms. The normalized spacial score (nSPS) is 21.1. The van der Waals surface area contributed by atoms with Gasteiger partial charge in [0.2, 0.25) is 5.91 Å². The van der Waals surface area contributed by atoms with Gasteiger partial charge in [0.05, 0.1) is 6.61 Å². The van der Waals surface area contributed by atoms with Crippen LogP contribution in [-0.4, -0.2) is 44.2 Å². The van der Waals surface area contributed by atoms with Crippen molar-refractivity contribution in [2.75, 3.05) is 33.4 Å². The number of rotatable bonds is 8. The standard InChI is InChI=1S/C15H30N2O2/c1-3-13(8-9-16)6-7-15(18)17(2)11-14-5-4-10-19-12-14/h13-14H,3-12,16H2,1-2H3. The molecule has 1 aliphatic rings. The van der Waals surface area contributed by atoms with E-state index in [1.54, 1.807) is 0 Å². The first kappa shape index (κ1) is 16.4. The van der Waals surface area contributed by atoms with Crippen LogP contribution in [0.25, 0.3) is 0 Å². The highest BCUT2D eigenvalue weighted by Gasteiger charge is 2.19. The van der Waals surface area contributed by atoms with Crippen LogP contribution in [0.1, 0.15) is 45.4 Å². The van der Waals surface area contributed by atoms with Crippen LogP contribution in [0, 0.1) is 11.8 Å². The fourth-order valence-electron chi connectivity index (χ4n) is 2.75. The Labute approximate surface area is 117 Å². The monoisotopic (exact) mass is 270 g/mol. The Bertz CT molecular complexity index is 253. The maximum atomic E-state index is 12.1. The van der Waals surface area contributed by atoms with Gasteiger partial charge >= 0.3 is 0 Å². The maximum Gasteiger partial charge on any atom is 0.222 e. The SMILES string of the molecule is CCC(CCN)CCC(=O)N(C)CC1CCCOC1. The topological polar surface area (TPSA) is 55.6 Å². The van der Waals surface area contributed by atoms with Crippen LogP contribution in [-0.2, 0) is 9.53 Å². The molecule has 0 aromatic rings. The molecule has 2 unspecified atom stereocenters. The molecule has 1 amide bonds. The van der Waals surface area contributed by atoms with Gasteiger partial charge in [0.15, 0.2) is 0 Å². The van der Waals surface area contributed by atoms with Gasteiger partial charge in [-0.1, -0.05) is 13.3 Å². The summed E-state index contributed by atoms with van der Waals surface area (Å²) in [6, 6.07) is 0. The lowest BCUT2D eigenvalue weighted by Gasteiger charge is -2.27. The van der Waals surface area contributed by atoms with E-state index in [4.69, 9.17) is 10.5 Å². The van der Waals surface area contributed by atoms with Crippen LogP contribution < -0.4 is 5.73 Å².